The van der Waals surface area contributed by atoms with Crippen molar-refractivity contribution in [3.8, 4) is 11.4 Å². The van der Waals surface area contributed by atoms with Crippen LogP contribution in [0.4, 0.5) is 0 Å². The van der Waals surface area contributed by atoms with Gasteiger partial charge in [-0.2, -0.15) is 0 Å². The molecular formula is C43H28N4S. The van der Waals surface area contributed by atoms with E-state index in [1.807, 2.05) is 11.3 Å². The molecule has 7 aromatic carbocycles. The summed E-state index contributed by atoms with van der Waals surface area (Å²) in [4.78, 5) is 0. The SMILES string of the molecule is c1ccc(-n2c3ccccc3c3cccc4c3n(c3cc5c(cc32)c2ccccc2n5-c2cccc3c2sc2ccccc23)NC4)cc1. The van der Waals surface area contributed by atoms with Gasteiger partial charge in [-0.1, -0.05) is 103 Å². The van der Waals surface area contributed by atoms with Crippen molar-refractivity contribution in [1.29, 1.82) is 0 Å². The monoisotopic (exact) mass is 632 g/mol. The van der Waals surface area contributed by atoms with Crippen LogP contribution in [0.3, 0.4) is 0 Å². The third kappa shape index (κ3) is 3.48. The highest BCUT2D eigenvalue weighted by Crippen LogP contribution is 2.42. The van der Waals surface area contributed by atoms with Crippen molar-refractivity contribution in [1.82, 2.24) is 13.8 Å². The Kier molecular flexibility index (Phi) is 5.29. The molecule has 5 heteroatoms. The van der Waals surface area contributed by atoms with Crippen LogP contribution in [0.15, 0.2) is 152 Å². The summed E-state index contributed by atoms with van der Waals surface area (Å²) in [6.45, 7) is 0.776. The first-order valence-corrected chi connectivity index (χ1v) is 17.2. The van der Waals surface area contributed by atoms with Crippen molar-refractivity contribution in [2.75, 3.05) is 5.43 Å². The van der Waals surface area contributed by atoms with E-state index < -0.39 is 0 Å². The number of aromatic nitrogens is 3. The number of fused-ring (bicyclic) bond motifs is 10. The van der Waals surface area contributed by atoms with E-state index in [9.17, 15) is 0 Å². The lowest BCUT2D eigenvalue weighted by Gasteiger charge is -2.18. The van der Waals surface area contributed by atoms with Gasteiger partial charge in [-0.25, -0.2) is 0 Å². The average molecular weight is 633 g/mol. The largest absolute Gasteiger partial charge is 0.321 e. The smallest absolute Gasteiger partial charge is 0.0888 e. The van der Waals surface area contributed by atoms with E-state index in [4.69, 9.17) is 0 Å². The molecule has 1 aliphatic rings. The molecule has 3 aromatic heterocycles. The first-order valence-electron chi connectivity index (χ1n) is 16.4. The topological polar surface area (TPSA) is 26.8 Å². The van der Waals surface area contributed by atoms with Crippen LogP contribution in [-0.2, 0) is 6.54 Å². The second-order valence-electron chi connectivity index (χ2n) is 12.6. The quantitative estimate of drug-likeness (QED) is 0.202. The van der Waals surface area contributed by atoms with Gasteiger partial charge in [-0.05, 0) is 54.1 Å². The lowest BCUT2D eigenvalue weighted by atomic mass is 10.1. The zero-order chi connectivity index (χ0) is 31.3. The number of rotatable bonds is 2. The maximum absolute atomic E-state index is 3.80. The molecule has 0 aliphatic carbocycles. The van der Waals surface area contributed by atoms with Crippen molar-refractivity contribution in [3.63, 3.8) is 0 Å². The Balaban J connectivity index is 1.40. The molecule has 4 nitrogen and oxygen atoms in total. The lowest BCUT2D eigenvalue weighted by Crippen LogP contribution is -2.10. The molecule has 0 bridgehead atoms. The lowest BCUT2D eigenvalue weighted by molar-refractivity contribution is 0.960. The molecule has 0 amide bonds. The van der Waals surface area contributed by atoms with E-state index in [-0.39, 0.29) is 0 Å². The Morgan fingerprint density at radius 3 is 1.98 bits per heavy atom. The van der Waals surface area contributed by atoms with E-state index in [1.165, 1.54) is 75.0 Å². The van der Waals surface area contributed by atoms with Crippen LogP contribution in [0, 0.1) is 0 Å². The molecule has 0 saturated carbocycles. The minimum absolute atomic E-state index is 0.776. The van der Waals surface area contributed by atoms with Gasteiger partial charge in [0.1, 0.15) is 0 Å². The summed E-state index contributed by atoms with van der Waals surface area (Å²) in [5.74, 6) is 0. The Hall–Kier alpha value is -6.04. The zero-order valence-electron chi connectivity index (χ0n) is 25.9. The Labute approximate surface area is 279 Å². The van der Waals surface area contributed by atoms with Crippen molar-refractivity contribution >= 4 is 86.2 Å². The van der Waals surface area contributed by atoms with Crippen molar-refractivity contribution in [2.24, 2.45) is 0 Å². The maximum Gasteiger partial charge on any atom is 0.0888 e. The molecule has 0 atom stereocenters. The molecule has 0 radical (unpaired) electrons. The third-order valence-corrected chi connectivity index (χ3v) is 11.3. The molecule has 0 fully saturated rings. The van der Waals surface area contributed by atoms with Gasteiger partial charge >= 0.3 is 0 Å². The van der Waals surface area contributed by atoms with E-state index in [0.717, 1.165) is 23.3 Å². The Morgan fingerprint density at radius 1 is 0.458 bits per heavy atom. The fourth-order valence-corrected chi connectivity index (χ4v) is 9.27. The number of hydrogen-bond donors (Lipinski definition) is 1. The predicted molar refractivity (Wildman–Crippen MR) is 204 cm³/mol. The molecule has 1 N–H and O–H groups in total. The summed E-state index contributed by atoms with van der Waals surface area (Å²) in [5, 5.41) is 7.54. The van der Waals surface area contributed by atoms with Crippen LogP contribution in [0.2, 0.25) is 0 Å². The van der Waals surface area contributed by atoms with Gasteiger partial charge < -0.3 is 14.6 Å². The summed E-state index contributed by atoms with van der Waals surface area (Å²) in [5.41, 5.74) is 14.5. The minimum Gasteiger partial charge on any atom is -0.321 e. The van der Waals surface area contributed by atoms with Crippen molar-refractivity contribution < 1.29 is 0 Å². The summed E-state index contributed by atoms with van der Waals surface area (Å²) >= 11 is 1.88. The second-order valence-corrected chi connectivity index (χ2v) is 13.7. The normalized spacial score (nSPS) is 12.7. The van der Waals surface area contributed by atoms with Crippen LogP contribution in [0.25, 0.3) is 86.2 Å². The van der Waals surface area contributed by atoms with Gasteiger partial charge in [0, 0.05) is 42.7 Å². The molecule has 4 heterocycles. The number of nitrogens with one attached hydrogen (secondary N) is 1. The molecule has 48 heavy (non-hydrogen) atoms. The highest BCUT2D eigenvalue weighted by molar-refractivity contribution is 7.26. The summed E-state index contributed by atoms with van der Waals surface area (Å²) < 4.78 is 9.89. The number of hydrogen-bond acceptors (Lipinski definition) is 2. The molecular weight excluding hydrogens is 605 g/mol. The summed E-state index contributed by atoms with van der Waals surface area (Å²) in [7, 11) is 0. The van der Waals surface area contributed by atoms with Crippen LogP contribution in [0.1, 0.15) is 5.56 Å². The Bertz CT molecular complexity index is 3010. The molecule has 11 rings (SSSR count). The number of benzene rings is 7. The van der Waals surface area contributed by atoms with Crippen LogP contribution >= 0.6 is 11.3 Å². The fourth-order valence-electron chi connectivity index (χ4n) is 8.06. The fraction of sp³-hybridized carbons (Fsp3) is 0.0233. The summed E-state index contributed by atoms with van der Waals surface area (Å²) in [6.07, 6.45) is 0. The van der Waals surface area contributed by atoms with Gasteiger partial charge in [-0.3, -0.25) is 4.68 Å². The third-order valence-electron chi connectivity index (χ3n) is 10.1. The maximum atomic E-state index is 3.80. The average Bonchev–Trinajstić information content (AvgIpc) is 3.83. The van der Waals surface area contributed by atoms with E-state index in [2.05, 4.69) is 171 Å². The van der Waals surface area contributed by atoms with Crippen LogP contribution < -0.4 is 5.43 Å². The van der Waals surface area contributed by atoms with Gasteiger partial charge in [0.25, 0.3) is 0 Å². The summed E-state index contributed by atoms with van der Waals surface area (Å²) in [6, 6.07) is 55.6. The highest BCUT2D eigenvalue weighted by atomic mass is 32.1. The van der Waals surface area contributed by atoms with E-state index >= 15 is 0 Å². The van der Waals surface area contributed by atoms with Crippen molar-refractivity contribution in [2.45, 2.75) is 6.54 Å². The zero-order valence-corrected chi connectivity index (χ0v) is 26.7. The van der Waals surface area contributed by atoms with Crippen LogP contribution in [-0.4, -0.2) is 13.8 Å². The molecule has 0 unspecified atom stereocenters. The standard InChI is InChI=1S/C43H28N4S/c1-2-13-28(14-3-1)45-35-20-7-4-15-29(35)32-18-10-12-27-26-44-47(42(27)32)40-25-38-34(24-39(40)45)30-16-5-8-21-36(30)46(38)37-22-11-19-33-31-17-6-9-23-41(31)48-43(33)37/h1-25,44H,26H2. The highest BCUT2D eigenvalue weighted by Gasteiger charge is 2.22. The predicted octanol–water partition coefficient (Wildman–Crippen LogP) is 11.4. The van der Waals surface area contributed by atoms with Gasteiger partial charge in [0.05, 0.1) is 50.0 Å². The molecule has 1 aliphatic heterocycles. The van der Waals surface area contributed by atoms with Gasteiger partial charge in [0.15, 0.2) is 0 Å². The molecule has 10 aromatic rings. The number of nitrogens with zero attached hydrogens (tertiary/aromatic N) is 3. The first kappa shape index (κ1) is 26.1. The minimum atomic E-state index is 0.776. The van der Waals surface area contributed by atoms with Crippen molar-refractivity contribution in [3.05, 3.63) is 157 Å². The molecule has 0 spiro atoms. The second kappa shape index (κ2) is 9.74. The molecule has 226 valence electrons. The number of para-hydroxylation sites is 4. The van der Waals surface area contributed by atoms with Crippen LogP contribution in [0.5, 0.6) is 0 Å². The van der Waals surface area contributed by atoms with E-state index in [1.54, 1.807) is 0 Å². The van der Waals surface area contributed by atoms with Gasteiger partial charge in [0.2, 0.25) is 0 Å². The van der Waals surface area contributed by atoms with E-state index in [0.29, 0.717) is 0 Å². The number of thiophene rings is 1. The van der Waals surface area contributed by atoms with Gasteiger partial charge in [-0.15, -0.1) is 11.3 Å². The molecule has 0 saturated heterocycles. The Morgan fingerprint density at radius 2 is 1.12 bits per heavy atom. The first-order chi connectivity index (χ1) is 23.8.